The summed E-state index contributed by atoms with van der Waals surface area (Å²) in [4.78, 5) is 9.78. The van der Waals surface area contributed by atoms with Gasteiger partial charge in [-0.25, -0.2) is 9.98 Å². The molecule has 0 aromatic carbocycles. The fraction of sp³-hybridized carbons (Fsp3) is 0.750. The Hall–Kier alpha value is -0.990. The van der Waals surface area contributed by atoms with Crippen molar-refractivity contribution in [3.63, 3.8) is 0 Å². The van der Waals surface area contributed by atoms with E-state index in [1.54, 1.807) is 0 Å². The quantitative estimate of drug-likeness (QED) is 0.462. The molecule has 0 aromatic rings. The topological polar surface area (TPSA) is 51.8 Å². The molecule has 0 spiro atoms. The van der Waals surface area contributed by atoms with Crippen molar-refractivity contribution in [1.29, 1.82) is 5.41 Å². The van der Waals surface area contributed by atoms with E-state index < -0.39 is 0 Å². The van der Waals surface area contributed by atoms with Crippen LogP contribution in [0.1, 0.15) is 6.42 Å². The molecule has 0 aliphatic carbocycles. The fourth-order valence-corrected chi connectivity index (χ4v) is 0.652. The predicted molar refractivity (Wildman–Crippen MR) is 51.6 cm³/mol. The summed E-state index contributed by atoms with van der Waals surface area (Å²) in [5, 5.41) is 6.67. The van der Waals surface area contributed by atoms with Gasteiger partial charge in [-0.3, -0.25) is 0 Å². The number of nitrogens with zero attached hydrogens (tertiary/aromatic N) is 3. The number of nitrogens with one attached hydrogen (secondary N) is 1. The van der Waals surface area contributed by atoms with E-state index >= 15 is 0 Å². The molecule has 0 aliphatic heterocycles. The molecule has 0 bridgehead atoms. The van der Waals surface area contributed by atoms with Crippen molar-refractivity contribution in [1.82, 2.24) is 4.90 Å². The molecular weight excluding hydrogens is 152 g/mol. The summed E-state index contributed by atoms with van der Waals surface area (Å²) in [5.74, 6) is 0. The molecule has 0 heterocycles. The normalized spacial score (nSPS) is 9.25. The van der Waals surface area contributed by atoms with Crippen LogP contribution in [0.3, 0.4) is 0 Å². The molecule has 0 fully saturated rings. The van der Waals surface area contributed by atoms with Gasteiger partial charge in [0, 0.05) is 6.21 Å². The number of aliphatic imine (C=N–C) groups is 2. The van der Waals surface area contributed by atoms with Gasteiger partial charge in [0.15, 0.2) is 0 Å². The van der Waals surface area contributed by atoms with E-state index in [9.17, 15) is 0 Å². The van der Waals surface area contributed by atoms with Gasteiger partial charge in [0.05, 0.1) is 19.1 Å². The highest BCUT2D eigenvalue weighted by atomic mass is 15.0. The molecule has 0 unspecified atom stereocenters. The Morgan fingerprint density at radius 1 is 1.42 bits per heavy atom. The summed E-state index contributed by atoms with van der Waals surface area (Å²) < 4.78 is 0. The largest absolute Gasteiger partial charge is 0.311 e. The van der Waals surface area contributed by atoms with E-state index in [1.165, 1.54) is 6.21 Å². The summed E-state index contributed by atoms with van der Waals surface area (Å²) in [6, 6.07) is 2.54. The van der Waals surface area contributed by atoms with Crippen LogP contribution in [-0.2, 0) is 0 Å². The molecule has 0 amide bonds. The molecule has 4 heteroatoms. The van der Waals surface area contributed by atoms with Crippen LogP contribution < -0.4 is 0 Å². The Labute approximate surface area is 73.5 Å². The van der Waals surface area contributed by atoms with Gasteiger partial charge in [-0.05, 0) is 27.1 Å². The molecule has 0 atom stereocenters. The van der Waals surface area contributed by atoms with E-state index in [4.69, 9.17) is 5.41 Å². The Balaban J connectivity index is 3.29. The van der Waals surface area contributed by atoms with Gasteiger partial charge in [-0.15, -0.1) is 0 Å². The standard InChI is InChI=1S/C8H16N4/c1-12(2)7-3-5-10-8-11-6-4-9/h4,9H,3,5-7H2,1-2H3. The molecule has 0 saturated carbocycles. The van der Waals surface area contributed by atoms with E-state index in [-0.39, 0.29) is 0 Å². The summed E-state index contributed by atoms with van der Waals surface area (Å²) in [7, 11) is 4.07. The number of hydrogen-bond donors (Lipinski definition) is 1. The summed E-state index contributed by atoms with van der Waals surface area (Å²) in [6.45, 7) is 2.19. The molecule has 0 rings (SSSR count). The van der Waals surface area contributed by atoms with Crippen molar-refractivity contribution in [3.8, 4) is 0 Å². The molecule has 0 radical (unpaired) electrons. The van der Waals surface area contributed by atoms with Crippen LogP contribution >= 0.6 is 0 Å². The van der Waals surface area contributed by atoms with Crippen LogP contribution in [0.4, 0.5) is 0 Å². The van der Waals surface area contributed by atoms with Crippen molar-refractivity contribution >= 4 is 12.2 Å². The van der Waals surface area contributed by atoms with Gasteiger partial charge in [0.1, 0.15) is 0 Å². The highest BCUT2D eigenvalue weighted by Crippen LogP contribution is 1.82. The van der Waals surface area contributed by atoms with Crippen LogP contribution in [0.25, 0.3) is 0 Å². The van der Waals surface area contributed by atoms with E-state index in [2.05, 4.69) is 20.9 Å². The maximum atomic E-state index is 6.67. The monoisotopic (exact) mass is 168 g/mol. The summed E-state index contributed by atoms with van der Waals surface area (Å²) in [5.41, 5.74) is 0. The third-order valence-electron chi connectivity index (χ3n) is 1.20. The van der Waals surface area contributed by atoms with Gasteiger partial charge >= 0.3 is 0 Å². The second kappa shape index (κ2) is 8.11. The molecular formula is C8H16N4. The molecule has 12 heavy (non-hydrogen) atoms. The second-order valence-electron chi connectivity index (χ2n) is 2.68. The fourth-order valence-electron chi connectivity index (χ4n) is 0.652. The van der Waals surface area contributed by atoms with Crippen molar-refractivity contribution < 1.29 is 0 Å². The minimum Gasteiger partial charge on any atom is -0.311 e. The van der Waals surface area contributed by atoms with E-state index in [0.717, 1.165) is 19.5 Å². The first-order valence-electron chi connectivity index (χ1n) is 3.99. The van der Waals surface area contributed by atoms with Gasteiger partial charge in [-0.2, -0.15) is 0 Å². The van der Waals surface area contributed by atoms with Crippen molar-refractivity contribution in [2.75, 3.05) is 33.7 Å². The van der Waals surface area contributed by atoms with E-state index in [1.807, 2.05) is 14.1 Å². The highest BCUT2D eigenvalue weighted by molar-refractivity contribution is 5.58. The SMILES string of the molecule is CN(C)CCCN=C=NCC=N. The van der Waals surface area contributed by atoms with Crippen molar-refractivity contribution in [3.05, 3.63) is 0 Å². The Bertz CT molecular complexity index is 168. The Morgan fingerprint density at radius 2 is 2.17 bits per heavy atom. The van der Waals surface area contributed by atoms with Crippen LogP contribution in [0, 0.1) is 5.41 Å². The van der Waals surface area contributed by atoms with Crippen LogP contribution in [0.15, 0.2) is 9.98 Å². The van der Waals surface area contributed by atoms with Crippen molar-refractivity contribution in [2.45, 2.75) is 6.42 Å². The first-order valence-corrected chi connectivity index (χ1v) is 3.99. The highest BCUT2D eigenvalue weighted by Gasteiger charge is 1.86. The smallest absolute Gasteiger partial charge is 0.0896 e. The van der Waals surface area contributed by atoms with Crippen LogP contribution in [-0.4, -0.2) is 50.9 Å². The van der Waals surface area contributed by atoms with Gasteiger partial charge < -0.3 is 10.3 Å². The third kappa shape index (κ3) is 9.01. The maximum absolute atomic E-state index is 6.67. The Morgan fingerprint density at radius 3 is 2.75 bits per heavy atom. The van der Waals surface area contributed by atoms with Gasteiger partial charge in [0.2, 0.25) is 0 Å². The van der Waals surface area contributed by atoms with Crippen LogP contribution in [0.5, 0.6) is 0 Å². The van der Waals surface area contributed by atoms with Gasteiger partial charge in [0.25, 0.3) is 0 Å². The molecule has 0 aliphatic rings. The van der Waals surface area contributed by atoms with Gasteiger partial charge in [-0.1, -0.05) is 0 Å². The minimum atomic E-state index is 0.386. The lowest BCUT2D eigenvalue weighted by atomic mass is 10.4. The third-order valence-corrected chi connectivity index (χ3v) is 1.20. The zero-order chi connectivity index (χ0) is 9.23. The van der Waals surface area contributed by atoms with E-state index in [0.29, 0.717) is 6.54 Å². The maximum Gasteiger partial charge on any atom is 0.0896 e. The second-order valence-corrected chi connectivity index (χ2v) is 2.68. The first-order chi connectivity index (χ1) is 5.77. The molecule has 1 N–H and O–H groups in total. The lowest BCUT2D eigenvalue weighted by molar-refractivity contribution is 0.403. The average molecular weight is 168 g/mol. The number of hydrogen-bond acceptors (Lipinski definition) is 4. The van der Waals surface area contributed by atoms with Crippen molar-refractivity contribution in [2.24, 2.45) is 9.98 Å². The molecule has 4 nitrogen and oxygen atoms in total. The first kappa shape index (κ1) is 11.0. The molecule has 68 valence electrons. The number of rotatable bonds is 6. The predicted octanol–water partition coefficient (Wildman–Crippen LogP) is 0.762. The minimum absolute atomic E-state index is 0.386. The lowest BCUT2D eigenvalue weighted by Crippen LogP contribution is -2.13. The summed E-state index contributed by atoms with van der Waals surface area (Å²) in [6.07, 6.45) is 2.25. The van der Waals surface area contributed by atoms with Crippen LogP contribution in [0.2, 0.25) is 0 Å². The summed E-state index contributed by atoms with van der Waals surface area (Å²) >= 11 is 0. The Kier molecular flexibility index (Phi) is 7.44. The molecule has 0 aromatic heterocycles. The zero-order valence-electron chi connectivity index (χ0n) is 7.75. The molecule has 0 saturated heterocycles. The average Bonchev–Trinajstić information content (AvgIpc) is 2.02. The zero-order valence-corrected chi connectivity index (χ0v) is 7.75. The lowest BCUT2D eigenvalue weighted by Gasteiger charge is -2.05.